The molecule has 0 aromatic carbocycles. The standard InChI is InChI=1S/C18H29NO4/c1-5-6-7-8-12-13-9-11(13)10-14(12)23-17(22)19-15(16(20)21)18(2,3)4/h5,11-15H,1,6-10H2,2-4H3,(H,19,22)(H,20,21)/t11?,12-,13+,14-,15-/m1/s1. The number of fused-ring (bicyclic) bond motifs is 1. The molecule has 1 unspecified atom stereocenters. The Morgan fingerprint density at radius 3 is 2.65 bits per heavy atom. The van der Waals surface area contributed by atoms with Gasteiger partial charge in [0.25, 0.3) is 0 Å². The van der Waals surface area contributed by atoms with Crippen LogP contribution in [0.4, 0.5) is 4.79 Å². The Balaban J connectivity index is 1.88. The van der Waals surface area contributed by atoms with Crippen LogP contribution in [0.25, 0.3) is 0 Å². The Hall–Kier alpha value is -1.52. The third-order valence-electron chi connectivity index (χ3n) is 5.12. The summed E-state index contributed by atoms with van der Waals surface area (Å²) >= 11 is 0. The normalized spacial score (nSPS) is 30.2. The maximum absolute atomic E-state index is 12.1. The fourth-order valence-electron chi connectivity index (χ4n) is 3.79. The molecule has 2 aliphatic rings. The van der Waals surface area contributed by atoms with E-state index in [0.29, 0.717) is 17.8 Å². The molecule has 0 aromatic rings. The molecule has 1 amide bonds. The third kappa shape index (κ3) is 4.49. The molecule has 2 rings (SSSR count). The largest absolute Gasteiger partial charge is 0.480 e. The number of carboxylic acids is 1. The molecule has 0 radical (unpaired) electrons. The summed E-state index contributed by atoms with van der Waals surface area (Å²) in [5.74, 6) is 0.768. The maximum Gasteiger partial charge on any atom is 0.408 e. The predicted octanol–water partition coefficient (Wildman–Crippen LogP) is 3.59. The van der Waals surface area contributed by atoms with Crippen LogP contribution < -0.4 is 5.32 Å². The first kappa shape index (κ1) is 17.8. The number of alkyl carbamates (subject to hydrolysis) is 1. The number of amides is 1. The number of carboxylic acid groups (broad SMARTS) is 1. The minimum Gasteiger partial charge on any atom is -0.480 e. The van der Waals surface area contributed by atoms with Crippen molar-refractivity contribution in [2.75, 3.05) is 0 Å². The molecule has 0 aromatic heterocycles. The van der Waals surface area contributed by atoms with Gasteiger partial charge in [-0.1, -0.05) is 26.8 Å². The number of aliphatic carboxylic acids is 1. The second-order valence-corrected chi connectivity index (χ2v) is 8.00. The van der Waals surface area contributed by atoms with E-state index in [1.54, 1.807) is 20.8 Å². The zero-order chi connectivity index (χ0) is 17.2. The summed E-state index contributed by atoms with van der Waals surface area (Å²) < 4.78 is 5.59. The molecule has 0 saturated heterocycles. The van der Waals surface area contributed by atoms with Crippen LogP contribution >= 0.6 is 0 Å². The fraction of sp³-hybridized carbons (Fsp3) is 0.778. The summed E-state index contributed by atoms with van der Waals surface area (Å²) in [6.07, 6.45) is 6.51. The Bertz CT molecular complexity index is 468. The van der Waals surface area contributed by atoms with Crippen LogP contribution in [0.2, 0.25) is 0 Å². The molecule has 5 nitrogen and oxygen atoms in total. The second kappa shape index (κ2) is 6.93. The number of carbonyl (C=O) groups excluding carboxylic acids is 1. The van der Waals surface area contributed by atoms with Gasteiger partial charge in [-0.05, 0) is 55.3 Å². The van der Waals surface area contributed by atoms with Gasteiger partial charge in [0.15, 0.2) is 0 Å². The van der Waals surface area contributed by atoms with E-state index in [0.717, 1.165) is 25.7 Å². The predicted molar refractivity (Wildman–Crippen MR) is 88.0 cm³/mol. The molecule has 5 heteroatoms. The van der Waals surface area contributed by atoms with Gasteiger partial charge in [-0.2, -0.15) is 0 Å². The first-order valence-electron chi connectivity index (χ1n) is 8.55. The average Bonchev–Trinajstić information content (AvgIpc) is 3.11. The maximum atomic E-state index is 12.1. The lowest BCUT2D eigenvalue weighted by molar-refractivity contribution is -0.142. The Morgan fingerprint density at radius 2 is 2.09 bits per heavy atom. The third-order valence-corrected chi connectivity index (χ3v) is 5.12. The van der Waals surface area contributed by atoms with Crippen LogP contribution in [0.15, 0.2) is 12.7 Å². The van der Waals surface area contributed by atoms with E-state index in [-0.39, 0.29) is 6.10 Å². The monoisotopic (exact) mass is 323 g/mol. The molecule has 23 heavy (non-hydrogen) atoms. The first-order chi connectivity index (χ1) is 10.7. The Kier molecular flexibility index (Phi) is 5.37. The van der Waals surface area contributed by atoms with Crippen LogP contribution in [0, 0.1) is 23.2 Å². The minimum atomic E-state index is -1.04. The molecule has 130 valence electrons. The molecule has 0 aliphatic heterocycles. The molecule has 2 saturated carbocycles. The van der Waals surface area contributed by atoms with E-state index >= 15 is 0 Å². The highest BCUT2D eigenvalue weighted by Crippen LogP contribution is 2.57. The lowest BCUT2D eigenvalue weighted by Gasteiger charge is -2.29. The van der Waals surface area contributed by atoms with E-state index in [4.69, 9.17) is 4.74 Å². The van der Waals surface area contributed by atoms with Crippen LogP contribution in [0.5, 0.6) is 0 Å². The summed E-state index contributed by atoms with van der Waals surface area (Å²) in [6.45, 7) is 9.10. The topological polar surface area (TPSA) is 75.6 Å². The lowest BCUT2D eigenvalue weighted by atomic mass is 9.87. The van der Waals surface area contributed by atoms with Crippen LogP contribution in [0.3, 0.4) is 0 Å². The first-order valence-corrected chi connectivity index (χ1v) is 8.55. The SMILES string of the molecule is C=CCCC[C@H]1[C@H](OC(=O)N[C@H](C(=O)O)C(C)(C)C)CC2C[C@@H]21. The highest BCUT2D eigenvalue weighted by Gasteiger charge is 2.54. The van der Waals surface area contributed by atoms with Crippen molar-refractivity contribution in [1.82, 2.24) is 5.32 Å². The Labute approximate surface area is 138 Å². The number of ether oxygens (including phenoxy) is 1. The van der Waals surface area contributed by atoms with Crippen LogP contribution in [-0.2, 0) is 9.53 Å². The summed E-state index contributed by atoms with van der Waals surface area (Å²) in [4.78, 5) is 23.5. The van der Waals surface area contributed by atoms with Crippen molar-refractivity contribution >= 4 is 12.1 Å². The second-order valence-electron chi connectivity index (χ2n) is 8.00. The van der Waals surface area contributed by atoms with Gasteiger partial charge in [0.2, 0.25) is 0 Å². The van der Waals surface area contributed by atoms with Crippen molar-refractivity contribution in [3.63, 3.8) is 0 Å². The number of nitrogens with one attached hydrogen (secondary N) is 1. The number of unbranched alkanes of at least 4 members (excludes halogenated alkanes) is 1. The van der Waals surface area contributed by atoms with E-state index in [2.05, 4.69) is 11.9 Å². The van der Waals surface area contributed by atoms with Crippen molar-refractivity contribution in [1.29, 1.82) is 0 Å². The van der Waals surface area contributed by atoms with Gasteiger partial charge >= 0.3 is 12.1 Å². The Morgan fingerprint density at radius 1 is 1.39 bits per heavy atom. The summed E-state index contributed by atoms with van der Waals surface area (Å²) in [5.41, 5.74) is -0.563. The highest BCUT2D eigenvalue weighted by atomic mass is 16.6. The zero-order valence-electron chi connectivity index (χ0n) is 14.4. The molecular weight excluding hydrogens is 294 g/mol. The zero-order valence-corrected chi connectivity index (χ0v) is 14.4. The average molecular weight is 323 g/mol. The van der Waals surface area contributed by atoms with Crippen molar-refractivity contribution in [2.24, 2.45) is 23.2 Å². The molecule has 0 bridgehead atoms. The van der Waals surface area contributed by atoms with Crippen molar-refractivity contribution in [2.45, 2.75) is 65.0 Å². The summed E-state index contributed by atoms with van der Waals surface area (Å²) in [6, 6.07) is -0.954. The van der Waals surface area contributed by atoms with Gasteiger partial charge in [0.05, 0.1) is 0 Å². The van der Waals surface area contributed by atoms with Crippen LogP contribution in [0.1, 0.15) is 52.9 Å². The van der Waals surface area contributed by atoms with Crippen LogP contribution in [-0.4, -0.2) is 29.3 Å². The summed E-state index contributed by atoms with van der Waals surface area (Å²) in [7, 11) is 0. The molecule has 5 atom stereocenters. The van der Waals surface area contributed by atoms with Gasteiger partial charge < -0.3 is 15.2 Å². The van der Waals surface area contributed by atoms with E-state index in [9.17, 15) is 14.7 Å². The molecule has 2 N–H and O–H groups in total. The number of hydrogen-bond acceptors (Lipinski definition) is 3. The van der Waals surface area contributed by atoms with Gasteiger partial charge in [-0.15, -0.1) is 6.58 Å². The highest BCUT2D eigenvalue weighted by molar-refractivity contribution is 5.80. The quantitative estimate of drug-likeness (QED) is 0.554. The van der Waals surface area contributed by atoms with Gasteiger partial charge in [0, 0.05) is 0 Å². The molecule has 0 heterocycles. The molecule has 2 aliphatic carbocycles. The van der Waals surface area contributed by atoms with Crippen molar-refractivity contribution in [3.8, 4) is 0 Å². The summed E-state index contributed by atoms with van der Waals surface area (Å²) in [5, 5.41) is 11.8. The van der Waals surface area contributed by atoms with E-state index < -0.39 is 23.5 Å². The number of allylic oxidation sites excluding steroid dienone is 1. The number of carbonyl (C=O) groups is 2. The van der Waals surface area contributed by atoms with Gasteiger partial charge in [-0.3, -0.25) is 0 Å². The molecule has 2 fully saturated rings. The minimum absolute atomic E-state index is 0.0713. The fourth-order valence-corrected chi connectivity index (χ4v) is 3.79. The number of hydrogen-bond donors (Lipinski definition) is 2. The smallest absolute Gasteiger partial charge is 0.408 e. The van der Waals surface area contributed by atoms with Crippen molar-refractivity contribution in [3.05, 3.63) is 12.7 Å². The van der Waals surface area contributed by atoms with Crippen molar-refractivity contribution < 1.29 is 19.4 Å². The lowest BCUT2D eigenvalue weighted by Crippen LogP contribution is -2.50. The molecular formula is C18H29NO4. The number of rotatable bonds is 7. The van der Waals surface area contributed by atoms with E-state index in [1.807, 2.05) is 6.08 Å². The van der Waals surface area contributed by atoms with E-state index in [1.165, 1.54) is 6.42 Å². The van der Waals surface area contributed by atoms with Gasteiger partial charge in [0.1, 0.15) is 12.1 Å². The van der Waals surface area contributed by atoms with Gasteiger partial charge in [-0.25, -0.2) is 9.59 Å². The molecule has 0 spiro atoms.